The molecule has 0 fully saturated rings. The van der Waals surface area contributed by atoms with Crippen LogP contribution >= 0.6 is 15.9 Å². The second-order valence-electron chi connectivity index (χ2n) is 6.65. The fraction of sp³-hybridized carbons (Fsp3) is 0.130. The highest BCUT2D eigenvalue weighted by Gasteiger charge is 2.20. The Morgan fingerprint density at radius 3 is 2.37 bits per heavy atom. The third-order valence-electron chi connectivity index (χ3n) is 4.38. The molecule has 3 rings (SSSR count). The van der Waals surface area contributed by atoms with Gasteiger partial charge in [0.05, 0.1) is 12.5 Å². The molecule has 3 aromatic rings. The number of carbonyl (C=O) groups is 2. The van der Waals surface area contributed by atoms with Gasteiger partial charge in [0.1, 0.15) is 11.6 Å². The monoisotopic (exact) mass is 470 g/mol. The molecule has 0 spiro atoms. The normalized spacial score (nSPS) is 11.5. The topological polar surface area (TPSA) is 81.4 Å². The van der Waals surface area contributed by atoms with Crippen molar-refractivity contribution in [3.63, 3.8) is 0 Å². The maximum absolute atomic E-state index is 14.6. The van der Waals surface area contributed by atoms with Gasteiger partial charge in [0.25, 0.3) is 5.91 Å². The number of benzene rings is 3. The second kappa shape index (κ2) is 10.0. The van der Waals surface area contributed by atoms with Gasteiger partial charge in [-0.1, -0.05) is 64.5 Å². The number of halogens is 2. The van der Waals surface area contributed by atoms with E-state index in [1.54, 1.807) is 36.4 Å². The van der Waals surface area contributed by atoms with Crippen LogP contribution in [0.25, 0.3) is 0 Å². The fourth-order valence-corrected chi connectivity index (χ4v) is 3.31. The van der Waals surface area contributed by atoms with Gasteiger partial charge < -0.3 is 15.8 Å². The molecule has 0 heterocycles. The summed E-state index contributed by atoms with van der Waals surface area (Å²) in [6.45, 7) is -0.239. The zero-order chi connectivity index (χ0) is 21.5. The lowest BCUT2D eigenvalue weighted by Gasteiger charge is -2.21. The van der Waals surface area contributed by atoms with E-state index in [0.29, 0.717) is 15.8 Å². The summed E-state index contributed by atoms with van der Waals surface area (Å²) in [6.07, 6.45) is 0.137. The smallest absolute Gasteiger partial charge is 0.258 e. The zero-order valence-electron chi connectivity index (χ0n) is 16.0. The van der Waals surface area contributed by atoms with Gasteiger partial charge in [-0.3, -0.25) is 9.59 Å². The van der Waals surface area contributed by atoms with Gasteiger partial charge in [-0.2, -0.15) is 0 Å². The first-order valence-corrected chi connectivity index (χ1v) is 10.0. The first-order chi connectivity index (χ1) is 14.4. The molecule has 0 saturated heterocycles. The van der Waals surface area contributed by atoms with Gasteiger partial charge in [-0.05, 0) is 35.4 Å². The van der Waals surface area contributed by atoms with E-state index in [1.807, 2.05) is 30.3 Å². The van der Waals surface area contributed by atoms with Crippen molar-refractivity contribution < 1.29 is 18.7 Å². The number of amides is 2. The molecule has 7 heteroatoms. The molecule has 1 unspecified atom stereocenters. The van der Waals surface area contributed by atoms with E-state index >= 15 is 0 Å². The number of hydrogen-bond donors (Lipinski definition) is 2. The minimum atomic E-state index is -0.659. The van der Waals surface area contributed by atoms with E-state index in [4.69, 9.17) is 10.5 Å². The van der Waals surface area contributed by atoms with Gasteiger partial charge in [0, 0.05) is 10.0 Å². The van der Waals surface area contributed by atoms with Crippen molar-refractivity contribution in [3.8, 4) is 5.75 Å². The highest BCUT2D eigenvalue weighted by Crippen LogP contribution is 2.26. The lowest BCUT2D eigenvalue weighted by molar-refractivity contribution is -0.123. The first kappa shape index (κ1) is 21.5. The Morgan fingerprint density at radius 2 is 1.73 bits per heavy atom. The van der Waals surface area contributed by atoms with Crippen LogP contribution in [0.2, 0.25) is 0 Å². The van der Waals surface area contributed by atoms with Crippen molar-refractivity contribution in [2.75, 3.05) is 6.61 Å². The molecule has 3 aromatic carbocycles. The van der Waals surface area contributed by atoms with Crippen LogP contribution in [0.5, 0.6) is 5.75 Å². The van der Waals surface area contributed by atoms with Crippen LogP contribution in [-0.4, -0.2) is 18.4 Å². The number of hydrogen-bond acceptors (Lipinski definition) is 3. The molecule has 154 valence electrons. The Balaban J connectivity index is 1.70. The summed E-state index contributed by atoms with van der Waals surface area (Å²) in [5.41, 5.74) is 7.04. The Bertz CT molecular complexity index is 1030. The van der Waals surface area contributed by atoms with E-state index in [-0.39, 0.29) is 13.0 Å². The maximum atomic E-state index is 14.6. The molecule has 0 saturated carbocycles. The summed E-state index contributed by atoms with van der Waals surface area (Å²) in [4.78, 5) is 23.5. The van der Waals surface area contributed by atoms with Crippen LogP contribution in [0, 0.1) is 5.82 Å². The average Bonchev–Trinajstić information content (AvgIpc) is 2.72. The number of ether oxygens (including phenoxy) is 1. The highest BCUT2D eigenvalue weighted by atomic mass is 79.9. The SMILES string of the molecule is NC(=O)Cc1ccc(OCC(=O)NC(c2ccccc2)c2ccc(Br)cc2F)cc1. The minimum absolute atomic E-state index is 0.137. The number of rotatable bonds is 8. The Kier molecular flexibility index (Phi) is 7.19. The Labute approximate surface area is 182 Å². The minimum Gasteiger partial charge on any atom is -0.484 e. The first-order valence-electron chi connectivity index (χ1n) is 9.21. The molecule has 1 atom stereocenters. The third kappa shape index (κ3) is 5.90. The van der Waals surface area contributed by atoms with Crippen molar-refractivity contribution in [1.82, 2.24) is 5.32 Å². The maximum Gasteiger partial charge on any atom is 0.258 e. The lowest BCUT2D eigenvalue weighted by Crippen LogP contribution is -2.33. The largest absolute Gasteiger partial charge is 0.484 e. The third-order valence-corrected chi connectivity index (χ3v) is 4.88. The van der Waals surface area contributed by atoms with Crippen molar-refractivity contribution >= 4 is 27.7 Å². The molecule has 2 amide bonds. The van der Waals surface area contributed by atoms with Gasteiger partial charge in [0.15, 0.2) is 6.61 Å². The zero-order valence-corrected chi connectivity index (χ0v) is 17.6. The number of nitrogens with one attached hydrogen (secondary N) is 1. The number of primary amides is 1. The summed E-state index contributed by atoms with van der Waals surface area (Å²) in [6, 6.07) is 20.0. The Hall–Kier alpha value is -3.19. The van der Waals surface area contributed by atoms with Crippen LogP contribution in [0.15, 0.2) is 77.3 Å². The summed E-state index contributed by atoms with van der Waals surface area (Å²) in [7, 11) is 0. The van der Waals surface area contributed by atoms with Crippen LogP contribution < -0.4 is 15.8 Å². The second-order valence-corrected chi connectivity index (χ2v) is 7.57. The van der Waals surface area contributed by atoms with Crippen LogP contribution in [0.1, 0.15) is 22.7 Å². The molecule has 0 aliphatic rings. The van der Waals surface area contributed by atoms with E-state index in [1.165, 1.54) is 6.07 Å². The molecule has 0 radical (unpaired) electrons. The molecule has 0 aliphatic carbocycles. The summed E-state index contributed by atoms with van der Waals surface area (Å²) in [5.74, 6) is -0.767. The predicted octanol–water partition coefficient (Wildman–Crippen LogP) is 3.90. The molecule has 3 N–H and O–H groups in total. The predicted molar refractivity (Wildman–Crippen MR) is 115 cm³/mol. The van der Waals surface area contributed by atoms with E-state index in [2.05, 4.69) is 21.2 Å². The van der Waals surface area contributed by atoms with Gasteiger partial charge in [-0.25, -0.2) is 4.39 Å². The van der Waals surface area contributed by atoms with Crippen molar-refractivity contribution in [1.29, 1.82) is 0 Å². The van der Waals surface area contributed by atoms with Crippen molar-refractivity contribution in [2.24, 2.45) is 5.73 Å². The molecular formula is C23H20BrFN2O3. The van der Waals surface area contributed by atoms with Gasteiger partial charge >= 0.3 is 0 Å². The average molecular weight is 471 g/mol. The van der Waals surface area contributed by atoms with Crippen LogP contribution in [0.4, 0.5) is 4.39 Å². The van der Waals surface area contributed by atoms with Crippen molar-refractivity contribution in [2.45, 2.75) is 12.5 Å². The fourth-order valence-electron chi connectivity index (χ4n) is 2.98. The summed E-state index contributed by atoms with van der Waals surface area (Å²) < 4.78 is 20.7. The summed E-state index contributed by atoms with van der Waals surface area (Å²) in [5, 5.41) is 2.84. The Morgan fingerprint density at radius 1 is 1.03 bits per heavy atom. The van der Waals surface area contributed by atoms with Crippen molar-refractivity contribution in [3.05, 3.63) is 99.8 Å². The highest BCUT2D eigenvalue weighted by molar-refractivity contribution is 9.10. The number of carbonyl (C=O) groups excluding carboxylic acids is 2. The van der Waals surface area contributed by atoms with Crippen LogP contribution in [-0.2, 0) is 16.0 Å². The summed E-state index contributed by atoms with van der Waals surface area (Å²) >= 11 is 3.25. The van der Waals surface area contributed by atoms with E-state index in [9.17, 15) is 14.0 Å². The van der Waals surface area contributed by atoms with Crippen LogP contribution in [0.3, 0.4) is 0 Å². The lowest BCUT2D eigenvalue weighted by atomic mass is 9.98. The van der Waals surface area contributed by atoms with E-state index < -0.39 is 23.7 Å². The molecule has 0 aromatic heterocycles. The molecule has 30 heavy (non-hydrogen) atoms. The molecule has 0 bridgehead atoms. The standard InChI is InChI=1S/C23H20BrFN2O3/c24-17-8-11-19(20(25)13-17)23(16-4-2-1-3-5-16)27-22(29)14-30-18-9-6-15(7-10-18)12-21(26)28/h1-11,13,23H,12,14H2,(H2,26,28)(H,27,29). The molecule has 0 aliphatic heterocycles. The van der Waals surface area contributed by atoms with Gasteiger partial charge in [-0.15, -0.1) is 0 Å². The molecule has 5 nitrogen and oxygen atoms in total. The molecular weight excluding hydrogens is 451 g/mol. The van der Waals surface area contributed by atoms with Gasteiger partial charge in [0.2, 0.25) is 5.91 Å². The number of nitrogens with two attached hydrogens (primary N) is 1. The quantitative estimate of drug-likeness (QED) is 0.523. The van der Waals surface area contributed by atoms with E-state index in [0.717, 1.165) is 11.1 Å².